The van der Waals surface area contributed by atoms with Crippen molar-refractivity contribution in [2.75, 3.05) is 19.0 Å². The van der Waals surface area contributed by atoms with Gasteiger partial charge in [-0.25, -0.2) is 0 Å². The quantitative estimate of drug-likeness (QED) is 0.765. The van der Waals surface area contributed by atoms with E-state index in [0.717, 1.165) is 29.7 Å². The van der Waals surface area contributed by atoms with Gasteiger partial charge < -0.3 is 4.90 Å². The number of carbonyl (C=O) groups is 1. The van der Waals surface area contributed by atoms with Crippen molar-refractivity contribution in [3.05, 3.63) is 65.2 Å². The van der Waals surface area contributed by atoms with Crippen LogP contribution in [-0.4, -0.2) is 19.9 Å². The molecule has 2 rings (SSSR count). The number of hydrogen-bond donors (Lipinski definition) is 0. The normalized spacial score (nSPS) is 10.3. The summed E-state index contributed by atoms with van der Waals surface area (Å²) in [6.07, 6.45) is 2.19. The summed E-state index contributed by atoms with van der Waals surface area (Å²) in [7, 11) is 3.98. The molecule has 0 spiro atoms. The molecule has 2 aromatic carbocycles. The monoisotopic (exact) mass is 267 g/mol. The van der Waals surface area contributed by atoms with Crippen molar-refractivity contribution >= 4 is 11.5 Å². The maximum atomic E-state index is 12.4. The third-order valence-corrected chi connectivity index (χ3v) is 3.40. The van der Waals surface area contributed by atoms with Crippen LogP contribution in [-0.2, 0) is 6.42 Å². The Labute approximate surface area is 121 Å². The molecule has 0 aromatic heterocycles. The summed E-state index contributed by atoms with van der Waals surface area (Å²) in [5.74, 6) is 0.0818. The van der Waals surface area contributed by atoms with Gasteiger partial charge in [-0.2, -0.15) is 0 Å². The Morgan fingerprint density at radius 3 is 1.85 bits per heavy atom. The average molecular weight is 267 g/mol. The Kier molecular flexibility index (Phi) is 4.57. The minimum absolute atomic E-state index is 0.0818. The predicted molar refractivity (Wildman–Crippen MR) is 84.6 cm³/mol. The fraction of sp³-hybridized carbons (Fsp3) is 0.278. The van der Waals surface area contributed by atoms with E-state index in [1.807, 2.05) is 67.5 Å². The molecule has 20 heavy (non-hydrogen) atoms. The molecule has 0 atom stereocenters. The summed E-state index contributed by atoms with van der Waals surface area (Å²) in [6.45, 7) is 2.16. The highest BCUT2D eigenvalue weighted by Crippen LogP contribution is 2.16. The number of ketones is 1. The third-order valence-electron chi connectivity index (χ3n) is 3.40. The first-order valence-corrected chi connectivity index (χ1v) is 7.03. The zero-order chi connectivity index (χ0) is 14.5. The van der Waals surface area contributed by atoms with Crippen LogP contribution in [0.5, 0.6) is 0 Å². The highest BCUT2D eigenvalue weighted by Gasteiger charge is 2.09. The van der Waals surface area contributed by atoms with E-state index < -0.39 is 0 Å². The molecule has 0 aliphatic heterocycles. The van der Waals surface area contributed by atoms with Crippen molar-refractivity contribution < 1.29 is 4.79 Å². The molecule has 0 N–H and O–H groups in total. The van der Waals surface area contributed by atoms with Crippen molar-refractivity contribution in [3.8, 4) is 0 Å². The Balaban J connectivity index is 2.17. The lowest BCUT2D eigenvalue weighted by Gasteiger charge is -2.12. The van der Waals surface area contributed by atoms with Crippen LogP contribution in [0, 0.1) is 0 Å². The Hall–Kier alpha value is -2.09. The molecule has 0 fully saturated rings. The maximum Gasteiger partial charge on any atom is 0.193 e. The molecule has 0 heterocycles. The standard InChI is InChI=1S/C18H21NO/c1-4-5-14-6-8-15(9-7-14)18(20)16-10-12-17(13-11-16)19(2)3/h6-13H,4-5H2,1-3H3. The van der Waals surface area contributed by atoms with E-state index in [4.69, 9.17) is 0 Å². The molecule has 104 valence electrons. The van der Waals surface area contributed by atoms with Crippen LogP contribution in [0.15, 0.2) is 48.5 Å². The minimum atomic E-state index is 0.0818. The molecule has 0 saturated heterocycles. The van der Waals surface area contributed by atoms with Gasteiger partial charge in [-0.3, -0.25) is 4.79 Å². The van der Waals surface area contributed by atoms with Gasteiger partial charge in [0.25, 0.3) is 0 Å². The van der Waals surface area contributed by atoms with Gasteiger partial charge in [0.1, 0.15) is 0 Å². The number of anilines is 1. The second kappa shape index (κ2) is 6.38. The van der Waals surface area contributed by atoms with E-state index in [9.17, 15) is 4.79 Å². The molecular formula is C18H21NO. The van der Waals surface area contributed by atoms with Crippen molar-refractivity contribution in [2.24, 2.45) is 0 Å². The van der Waals surface area contributed by atoms with Gasteiger partial charge in [0.2, 0.25) is 0 Å². The Morgan fingerprint density at radius 1 is 0.900 bits per heavy atom. The summed E-state index contributed by atoms with van der Waals surface area (Å²) in [4.78, 5) is 14.4. The van der Waals surface area contributed by atoms with E-state index in [0.29, 0.717) is 0 Å². The molecule has 2 heteroatoms. The summed E-state index contributed by atoms with van der Waals surface area (Å²) in [5.41, 5.74) is 3.87. The average Bonchev–Trinajstić information content (AvgIpc) is 2.48. The van der Waals surface area contributed by atoms with Gasteiger partial charge in [-0.05, 0) is 36.2 Å². The van der Waals surface area contributed by atoms with Gasteiger partial charge >= 0.3 is 0 Å². The second-order valence-electron chi connectivity index (χ2n) is 5.22. The van der Waals surface area contributed by atoms with Crippen LogP contribution in [0.3, 0.4) is 0 Å². The lowest BCUT2D eigenvalue weighted by atomic mass is 10.0. The molecule has 0 radical (unpaired) electrons. The number of nitrogens with zero attached hydrogens (tertiary/aromatic N) is 1. The third kappa shape index (κ3) is 3.27. The number of aryl methyl sites for hydroxylation is 1. The maximum absolute atomic E-state index is 12.4. The first-order valence-electron chi connectivity index (χ1n) is 7.03. The molecular weight excluding hydrogens is 246 g/mol. The highest BCUT2D eigenvalue weighted by molar-refractivity contribution is 6.09. The SMILES string of the molecule is CCCc1ccc(C(=O)c2ccc(N(C)C)cc2)cc1. The predicted octanol–water partition coefficient (Wildman–Crippen LogP) is 3.94. The zero-order valence-electron chi connectivity index (χ0n) is 12.4. The van der Waals surface area contributed by atoms with Gasteiger partial charge in [-0.15, -0.1) is 0 Å². The van der Waals surface area contributed by atoms with Crippen LogP contribution in [0.25, 0.3) is 0 Å². The van der Waals surface area contributed by atoms with E-state index in [2.05, 4.69) is 6.92 Å². The van der Waals surface area contributed by atoms with E-state index >= 15 is 0 Å². The van der Waals surface area contributed by atoms with Crippen molar-refractivity contribution in [1.29, 1.82) is 0 Å². The zero-order valence-corrected chi connectivity index (χ0v) is 12.4. The van der Waals surface area contributed by atoms with Crippen molar-refractivity contribution in [2.45, 2.75) is 19.8 Å². The molecule has 2 aromatic rings. The summed E-state index contributed by atoms with van der Waals surface area (Å²) in [6, 6.07) is 15.7. The lowest BCUT2D eigenvalue weighted by Crippen LogP contribution is -2.09. The fourth-order valence-corrected chi connectivity index (χ4v) is 2.19. The molecule has 0 saturated carbocycles. The molecule has 0 aliphatic rings. The van der Waals surface area contributed by atoms with E-state index in [1.54, 1.807) is 0 Å². The molecule has 0 aliphatic carbocycles. The second-order valence-corrected chi connectivity index (χ2v) is 5.22. The van der Waals surface area contributed by atoms with Crippen molar-refractivity contribution in [1.82, 2.24) is 0 Å². The van der Waals surface area contributed by atoms with Crippen LogP contribution in [0.2, 0.25) is 0 Å². The molecule has 0 amide bonds. The Morgan fingerprint density at radius 2 is 1.40 bits per heavy atom. The summed E-state index contributed by atoms with van der Waals surface area (Å²) >= 11 is 0. The summed E-state index contributed by atoms with van der Waals surface area (Å²) in [5, 5.41) is 0. The largest absolute Gasteiger partial charge is 0.378 e. The van der Waals surface area contributed by atoms with Crippen LogP contribution >= 0.6 is 0 Å². The van der Waals surface area contributed by atoms with Gasteiger partial charge in [0, 0.05) is 30.9 Å². The smallest absolute Gasteiger partial charge is 0.193 e. The number of hydrogen-bond acceptors (Lipinski definition) is 2. The lowest BCUT2D eigenvalue weighted by molar-refractivity contribution is 0.103. The fourth-order valence-electron chi connectivity index (χ4n) is 2.19. The van der Waals surface area contributed by atoms with E-state index in [1.165, 1.54) is 5.56 Å². The highest BCUT2D eigenvalue weighted by atomic mass is 16.1. The van der Waals surface area contributed by atoms with Crippen LogP contribution in [0.1, 0.15) is 34.8 Å². The number of rotatable bonds is 5. The molecule has 0 unspecified atom stereocenters. The van der Waals surface area contributed by atoms with Crippen LogP contribution in [0.4, 0.5) is 5.69 Å². The van der Waals surface area contributed by atoms with Gasteiger partial charge in [-0.1, -0.05) is 37.6 Å². The van der Waals surface area contributed by atoms with Gasteiger partial charge in [0.15, 0.2) is 5.78 Å². The molecule has 0 bridgehead atoms. The first kappa shape index (κ1) is 14.3. The van der Waals surface area contributed by atoms with E-state index in [-0.39, 0.29) is 5.78 Å². The minimum Gasteiger partial charge on any atom is -0.378 e. The number of benzene rings is 2. The van der Waals surface area contributed by atoms with Gasteiger partial charge in [0.05, 0.1) is 0 Å². The van der Waals surface area contributed by atoms with Crippen LogP contribution < -0.4 is 4.90 Å². The Bertz CT molecular complexity index is 567. The molecule has 2 nitrogen and oxygen atoms in total. The summed E-state index contributed by atoms with van der Waals surface area (Å²) < 4.78 is 0. The number of carbonyl (C=O) groups excluding carboxylic acids is 1. The topological polar surface area (TPSA) is 20.3 Å². The van der Waals surface area contributed by atoms with Crippen molar-refractivity contribution in [3.63, 3.8) is 0 Å². The first-order chi connectivity index (χ1) is 9.61.